The van der Waals surface area contributed by atoms with Gasteiger partial charge in [0.15, 0.2) is 0 Å². The zero-order chi connectivity index (χ0) is 17.9. The molecule has 2 heteroatoms. The largest absolute Gasteiger partial charge is 0.346 e. The molecule has 0 aliphatic heterocycles. The predicted octanol–water partition coefficient (Wildman–Crippen LogP) is 5.19. The summed E-state index contributed by atoms with van der Waals surface area (Å²) >= 11 is 0. The number of amides is 1. The van der Waals surface area contributed by atoms with Crippen molar-refractivity contribution in [2.45, 2.75) is 51.5 Å². The van der Waals surface area contributed by atoms with E-state index in [1.165, 1.54) is 16.7 Å². The molecule has 1 unspecified atom stereocenters. The van der Waals surface area contributed by atoms with Crippen molar-refractivity contribution < 1.29 is 4.79 Å². The molecule has 2 aromatic carbocycles. The third-order valence-corrected chi connectivity index (χ3v) is 4.89. The molecule has 2 nitrogen and oxygen atoms in total. The number of fused-ring (bicyclic) bond motifs is 1. The molecule has 1 N–H and O–H groups in total. The van der Waals surface area contributed by atoms with E-state index in [0.717, 1.165) is 24.8 Å². The van der Waals surface area contributed by atoms with Crippen LogP contribution >= 0.6 is 0 Å². The maximum absolute atomic E-state index is 12.3. The van der Waals surface area contributed by atoms with Gasteiger partial charge in [-0.2, -0.15) is 0 Å². The fraction of sp³-hybridized carbons (Fsp3) is 0.348. The summed E-state index contributed by atoms with van der Waals surface area (Å²) in [5.74, 6) is -0.0263. The lowest BCUT2D eigenvalue weighted by Crippen LogP contribution is -2.29. The molecule has 2 aromatic rings. The van der Waals surface area contributed by atoms with Gasteiger partial charge in [-0.25, -0.2) is 0 Å². The van der Waals surface area contributed by atoms with E-state index in [4.69, 9.17) is 0 Å². The first-order chi connectivity index (χ1) is 11.9. The standard InChI is InChI=1S/C23H27NO/c1-23(2,3)19-14-11-17(12-15-19)13-16-22(25)24-21-10-6-8-18-7-4-5-9-20(18)21/h4-5,7,9,11-16,21H,6,8,10H2,1-3H3,(H,24,25)/b16-13+. The van der Waals surface area contributed by atoms with Crippen LogP contribution in [0.5, 0.6) is 0 Å². The van der Waals surface area contributed by atoms with Crippen LogP contribution in [0.4, 0.5) is 0 Å². The number of benzene rings is 2. The monoisotopic (exact) mass is 333 g/mol. The number of rotatable bonds is 3. The van der Waals surface area contributed by atoms with E-state index in [1.54, 1.807) is 6.08 Å². The Morgan fingerprint density at radius 1 is 1.08 bits per heavy atom. The van der Waals surface area contributed by atoms with Gasteiger partial charge in [-0.3, -0.25) is 4.79 Å². The highest BCUT2D eigenvalue weighted by Gasteiger charge is 2.20. The molecule has 0 radical (unpaired) electrons. The topological polar surface area (TPSA) is 29.1 Å². The quantitative estimate of drug-likeness (QED) is 0.769. The molecule has 0 saturated carbocycles. The van der Waals surface area contributed by atoms with Crippen LogP contribution in [0.25, 0.3) is 6.08 Å². The second-order valence-corrected chi connectivity index (χ2v) is 7.86. The van der Waals surface area contributed by atoms with Crippen molar-refractivity contribution >= 4 is 12.0 Å². The second kappa shape index (κ2) is 7.26. The van der Waals surface area contributed by atoms with Gasteiger partial charge in [0.05, 0.1) is 6.04 Å². The fourth-order valence-electron chi connectivity index (χ4n) is 3.39. The Morgan fingerprint density at radius 3 is 2.52 bits per heavy atom. The molecule has 130 valence electrons. The van der Waals surface area contributed by atoms with Crippen LogP contribution in [-0.4, -0.2) is 5.91 Å². The molecule has 25 heavy (non-hydrogen) atoms. The van der Waals surface area contributed by atoms with Gasteiger partial charge in [0.1, 0.15) is 0 Å². The van der Waals surface area contributed by atoms with Crippen molar-refractivity contribution in [3.05, 3.63) is 76.9 Å². The van der Waals surface area contributed by atoms with E-state index >= 15 is 0 Å². The minimum atomic E-state index is -0.0263. The Hall–Kier alpha value is -2.35. The van der Waals surface area contributed by atoms with E-state index < -0.39 is 0 Å². The smallest absolute Gasteiger partial charge is 0.244 e. The van der Waals surface area contributed by atoms with Crippen LogP contribution in [0.3, 0.4) is 0 Å². The maximum Gasteiger partial charge on any atom is 0.244 e. The number of carbonyl (C=O) groups excluding carboxylic acids is 1. The molecule has 0 fully saturated rings. The second-order valence-electron chi connectivity index (χ2n) is 7.86. The summed E-state index contributed by atoms with van der Waals surface area (Å²) in [4.78, 5) is 12.3. The lowest BCUT2D eigenvalue weighted by molar-refractivity contribution is -0.117. The first kappa shape index (κ1) is 17.5. The average molecular weight is 333 g/mol. The first-order valence-electron chi connectivity index (χ1n) is 9.10. The number of hydrogen-bond acceptors (Lipinski definition) is 1. The zero-order valence-electron chi connectivity index (χ0n) is 15.4. The SMILES string of the molecule is CC(C)(C)c1ccc(/C=C/C(=O)NC2CCCc3ccccc32)cc1. The van der Waals surface area contributed by atoms with Crippen LogP contribution in [0.15, 0.2) is 54.6 Å². The van der Waals surface area contributed by atoms with Crippen molar-refractivity contribution in [2.24, 2.45) is 0 Å². The molecule has 1 aliphatic rings. The Labute approximate surface area is 151 Å². The molecular formula is C23H27NO. The Bertz CT molecular complexity index is 765. The van der Waals surface area contributed by atoms with Gasteiger partial charge >= 0.3 is 0 Å². The molecule has 1 atom stereocenters. The van der Waals surface area contributed by atoms with Crippen LogP contribution < -0.4 is 5.32 Å². The number of hydrogen-bond donors (Lipinski definition) is 1. The first-order valence-corrected chi connectivity index (χ1v) is 9.10. The van der Waals surface area contributed by atoms with Crippen molar-refractivity contribution in [1.29, 1.82) is 0 Å². The zero-order valence-corrected chi connectivity index (χ0v) is 15.4. The normalized spacial score (nSPS) is 17.3. The van der Waals surface area contributed by atoms with Crippen LogP contribution in [0.2, 0.25) is 0 Å². The minimum Gasteiger partial charge on any atom is -0.346 e. The summed E-state index contributed by atoms with van der Waals surface area (Å²) in [5, 5.41) is 3.16. The molecule has 1 amide bonds. The summed E-state index contributed by atoms with van der Waals surface area (Å²) in [6, 6.07) is 17.0. The van der Waals surface area contributed by atoms with E-state index in [0.29, 0.717) is 0 Å². The highest BCUT2D eigenvalue weighted by molar-refractivity contribution is 5.92. The molecule has 3 rings (SSSR count). The van der Waals surface area contributed by atoms with Crippen molar-refractivity contribution in [1.82, 2.24) is 5.32 Å². The third kappa shape index (κ3) is 4.39. The molecular weight excluding hydrogens is 306 g/mol. The molecule has 1 aliphatic carbocycles. The fourth-order valence-corrected chi connectivity index (χ4v) is 3.39. The van der Waals surface area contributed by atoms with Gasteiger partial charge < -0.3 is 5.32 Å². The molecule has 0 saturated heterocycles. The average Bonchev–Trinajstić information content (AvgIpc) is 2.60. The highest BCUT2D eigenvalue weighted by Crippen LogP contribution is 2.29. The van der Waals surface area contributed by atoms with Crippen LogP contribution in [-0.2, 0) is 16.6 Å². The van der Waals surface area contributed by atoms with E-state index in [1.807, 2.05) is 6.08 Å². The molecule has 0 heterocycles. The predicted molar refractivity (Wildman–Crippen MR) is 104 cm³/mol. The molecule has 0 bridgehead atoms. The van der Waals surface area contributed by atoms with Crippen molar-refractivity contribution in [3.8, 4) is 0 Å². The van der Waals surface area contributed by atoms with Gasteiger partial charge in [0.2, 0.25) is 5.91 Å². The lowest BCUT2D eigenvalue weighted by Gasteiger charge is -2.25. The van der Waals surface area contributed by atoms with Gasteiger partial charge in [-0.1, -0.05) is 69.3 Å². The Morgan fingerprint density at radius 2 is 1.80 bits per heavy atom. The summed E-state index contributed by atoms with van der Waals surface area (Å²) in [6.07, 6.45) is 6.77. The number of aryl methyl sites for hydroxylation is 1. The van der Waals surface area contributed by atoms with E-state index in [-0.39, 0.29) is 17.4 Å². The summed E-state index contributed by atoms with van der Waals surface area (Å²) in [5.41, 5.74) is 5.12. The van der Waals surface area contributed by atoms with Crippen molar-refractivity contribution in [2.75, 3.05) is 0 Å². The third-order valence-electron chi connectivity index (χ3n) is 4.89. The number of carbonyl (C=O) groups is 1. The summed E-state index contributed by atoms with van der Waals surface area (Å²) in [6.45, 7) is 6.61. The highest BCUT2D eigenvalue weighted by atomic mass is 16.1. The minimum absolute atomic E-state index is 0.0263. The van der Waals surface area contributed by atoms with Gasteiger partial charge in [0.25, 0.3) is 0 Å². The molecule has 0 spiro atoms. The maximum atomic E-state index is 12.3. The van der Waals surface area contributed by atoms with Crippen molar-refractivity contribution in [3.63, 3.8) is 0 Å². The Kier molecular flexibility index (Phi) is 5.08. The lowest BCUT2D eigenvalue weighted by atomic mass is 9.87. The summed E-state index contributed by atoms with van der Waals surface area (Å²) in [7, 11) is 0. The number of nitrogens with one attached hydrogen (secondary N) is 1. The van der Waals surface area contributed by atoms with Gasteiger partial charge in [-0.05, 0) is 53.0 Å². The van der Waals surface area contributed by atoms with E-state index in [9.17, 15) is 4.79 Å². The van der Waals surface area contributed by atoms with Gasteiger partial charge in [0, 0.05) is 6.08 Å². The summed E-state index contributed by atoms with van der Waals surface area (Å²) < 4.78 is 0. The van der Waals surface area contributed by atoms with Gasteiger partial charge in [-0.15, -0.1) is 0 Å². The Balaban J connectivity index is 1.64. The van der Waals surface area contributed by atoms with Crippen LogP contribution in [0, 0.1) is 0 Å². The van der Waals surface area contributed by atoms with E-state index in [2.05, 4.69) is 74.6 Å². The van der Waals surface area contributed by atoms with Crippen LogP contribution in [0.1, 0.15) is 61.9 Å². The molecule has 0 aromatic heterocycles.